The summed E-state index contributed by atoms with van der Waals surface area (Å²) in [6.07, 6.45) is 1.46. The molecule has 0 saturated carbocycles. The van der Waals surface area contributed by atoms with Crippen LogP contribution in [-0.2, 0) is 0 Å². The van der Waals surface area contributed by atoms with Gasteiger partial charge in [-0.2, -0.15) is 5.10 Å². The lowest BCUT2D eigenvalue weighted by Gasteiger charge is -2.00. The van der Waals surface area contributed by atoms with Gasteiger partial charge in [-0.25, -0.2) is 5.43 Å². The van der Waals surface area contributed by atoms with E-state index in [-0.39, 0.29) is 11.5 Å². The molecule has 1 amide bonds. The molecule has 0 fully saturated rings. The smallest absolute Gasteiger partial charge is 0.271 e. The van der Waals surface area contributed by atoms with Crippen LogP contribution in [0.1, 0.15) is 15.9 Å². The number of hydrazone groups is 1. The highest BCUT2D eigenvalue weighted by Crippen LogP contribution is 2.10. The number of carbonyl (C=O) groups excluding carboxylic acids is 1. The first-order chi connectivity index (χ1) is 9.15. The highest BCUT2D eigenvalue weighted by Gasteiger charge is 2.03. The molecule has 2 rings (SSSR count). The minimum atomic E-state index is -0.411. The number of aromatic hydroxyl groups is 2. The number of amides is 1. The van der Waals surface area contributed by atoms with Crippen LogP contribution in [0.4, 0.5) is 0 Å². The summed E-state index contributed by atoms with van der Waals surface area (Å²) in [6.45, 7) is 0. The van der Waals surface area contributed by atoms with E-state index in [4.69, 9.17) is 5.11 Å². The van der Waals surface area contributed by atoms with Gasteiger partial charge in [-0.3, -0.25) is 4.79 Å². The first-order valence-electron chi connectivity index (χ1n) is 5.56. The average Bonchev–Trinajstić information content (AvgIpc) is 2.41. The topological polar surface area (TPSA) is 81.9 Å². The Labute approximate surface area is 109 Å². The summed E-state index contributed by atoms with van der Waals surface area (Å²) in [5.74, 6) is -0.220. The van der Waals surface area contributed by atoms with Gasteiger partial charge in [-0.15, -0.1) is 0 Å². The summed E-state index contributed by atoms with van der Waals surface area (Å²) >= 11 is 0. The quantitative estimate of drug-likeness (QED) is 0.579. The molecule has 0 bridgehead atoms. The molecule has 0 unspecified atom stereocenters. The van der Waals surface area contributed by atoms with Crippen LogP contribution >= 0.6 is 0 Å². The second-order valence-electron chi connectivity index (χ2n) is 3.84. The predicted molar refractivity (Wildman–Crippen MR) is 71.3 cm³/mol. The lowest BCUT2D eigenvalue weighted by molar-refractivity contribution is 0.0954. The lowest BCUT2D eigenvalue weighted by atomic mass is 10.2. The molecule has 5 heteroatoms. The molecule has 0 atom stereocenters. The number of hydrogen-bond acceptors (Lipinski definition) is 4. The molecule has 0 aliphatic heterocycles. The molecule has 0 aliphatic carbocycles. The van der Waals surface area contributed by atoms with Gasteiger partial charge in [0, 0.05) is 5.56 Å². The number of phenolic OH excluding ortho intramolecular Hbond substituents is 2. The maximum atomic E-state index is 11.7. The van der Waals surface area contributed by atoms with Crippen molar-refractivity contribution < 1.29 is 15.0 Å². The van der Waals surface area contributed by atoms with Gasteiger partial charge in [-0.1, -0.05) is 6.07 Å². The lowest BCUT2D eigenvalue weighted by Crippen LogP contribution is -2.17. The maximum Gasteiger partial charge on any atom is 0.271 e. The molecule has 0 saturated heterocycles. The van der Waals surface area contributed by atoms with Crippen molar-refractivity contribution in [3.8, 4) is 11.5 Å². The monoisotopic (exact) mass is 256 g/mol. The molecule has 0 spiro atoms. The van der Waals surface area contributed by atoms with Crippen molar-refractivity contribution in [2.75, 3.05) is 0 Å². The van der Waals surface area contributed by atoms with Crippen LogP contribution in [0.25, 0.3) is 0 Å². The van der Waals surface area contributed by atoms with Gasteiger partial charge in [0.1, 0.15) is 11.5 Å². The van der Waals surface area contributed by atoms with Crippen molar-refractivity contribution in [2.24, 2.45) is 5.10 Å². The van der Waals surface area contributed by atoms with E-state index in [0.29, 0.717) is 5.56 Å². The highest BCUT2D eigenvalue weighted by atomic mass is 16.3. The Hall–Kier alpha value is -2.82. The highest BCUT2D eigenvalue weighted by molar-refractivity contribution is 5.95. The fourth-order valence-electron chi connectivity index (χ4n) is 1.44. The number of rotatable bonds is 3. The molecule has 3 N–H and O–H groups in total. The first-order valence-corrected chi connectivity index (χ1v) is 5.56. The van der Waals surface area contributed by atoms with E-state index in [0.717, 1.165) is 5.56 Å². The van der Waals surface area contributed by atoms with Crippen LogP contribution in [0.3, 0.4) is 0 Å². The molecule has 2 aromatic carbocycles. The Balaban J connectivity index is 1.98. The molecule has 96 valence electrons. The van der Waals surface area contributed by atoms with Gasteiger partial charge < -0.3 is 10.2 Å². The van der Waals surface area contributed by atoms with E-state index in [2.05, 4.69) is 10.5 Å². The predicted octanol–water partition coefficient (Wildman–Crippen LogP) is 1.86. The van der Waals surface area contributed by atoms with E-state index in [1.807, 2.05) is 0 Å². The average molecular weight is 256 g/mol. The molecule has 0 radical (unpaired) electrons. The molecular weight excluding hydrogens is 244 g/mol. The van der Waals surface area contributed by atoms with Crippen LogP contribution in [0.2, 0.25) is 0 Å². The number of phenols is 2. The fraction of sp³-hybridized carbons (Fsp3) is 0. The van der Waals surface area contributed by atoms with Crippen molar-refractivity contribution in [1.29, 1.82) is 0 Å². The van der Waals surface area contributed by atoms with E-state index < -0.39 is 5.91 Å². The van der Waals surface area contributed by atoms with Gasteiger partial charge >= 0.3 is 0 Å². The Bertz CT molecular complexity index is 606. The van der Waals surface area contributed by atoms with E-state index >= 15 is 0 Å². The van der Waals surface area contributed by atoms with Crippen LogP contribution in [-0.4, -0.2) is 22.3 Å². The second kappa shape index (κ2) is 5.68. The number of nitrogens with one attached hydrogen (secondary N) is 1. The third-order valence-corrected chi connectivity index (χ3v) is 2.38. The van der Waals surface area contributed by atoms with Crippen LogP contribution in [0, 0.1) is 0 Å². The summed E-state index contributed by atoms with van der Waals surface area (Å²) in [6, 6.07) is 12.4. The minimum Gasteiger partial charge on any atom is -0.508 e. The zero-order chi connectivity index (χ0) is 13.7. The van der Waals surface area contributed by atoms with Gasteiger partial charge in [0.2, 0.25) is 0 Å². The van der Waals surface area contributed by atoms with Crippen LogP contribution < -0.4 is 5.43 Å². The van der Waals surface area contributed by atoms with Crippen molar-refractivity contribution in [1.82, 2.24) is 5.43 Å². The van der Waals surface area contributed by atoms with Gasteiger partial charge in [0.15, 0.2) is 0 Å². The number of hydrogen-bond donors (Lipinski definition) is 3. The van der Waals surface area contributed by atoms with Crippen molar-refractivity contribution >= 4 is 12.1 Å². The standard InChI is InChI=1S/C14H12N2O3/c17-12-6-4-10(5-7-12)9-15-16-14(19)11-2-1-3-13(18)8-11/h1-9,17-18H,(H,16,19)/b15-9+. The molecular formula is C14H12N2O3. The molecule has 5 nitrogen and oxygen atoms in total. The summed E-state index contributed by atoms with van der Waals surface area (Å²) < 4.78 is 0. The van der Waals surface area contributed by atoms with Crippen molar-refractivity contribution in [3.05, 3.63) is 59.7 Å². The Morgan fingerprint density at radius 1 is 1.05 bits per heavy atom. The number of benzene rings is 2. The van der Waals surface area contributed by atoms with Gasteiger partial charge in [0.05, 0.1) is 6.21 Å². The summed E-state index contributed by atoms with van der Waals surface area (Å²) in [7, 11) is 0. The van der Waals surface area contributed by atoms with E-state index in [1.165, 1.54) is 30.5 Å². The zero-order valence-corrected chi connectivity index (χ0v) is 9.95. The van der Waals surface area contributed by atoms with E-state index in [9.17, 15) is 9.90 Å². The van der Waals surface area contributed by atoms with Crippen LogP contribution in [0.5, 0.6) is 11.5 Å². The van der Waals surface area contributed by atoms with Gasteiger partial charge in [0.25, 0.3) is 5.91 Å². The SMILES string of the molecule is O=C(N/N=C/c1ccc(O)cc1)c1cccc(O)c1. The molecule has 0 heterocycles. The summed E-state index contributed by atoms with van der Waals surface area (Å²) in [5, 5.41) is 22.1. The number of nitrogens with zero attached hydrogens (tertiary/aromatic N) is 1. The Kier molecular flexibility index (Phi) is 3.78. The third-order valence-electron chi connectivity index (χ3n) is 2.38. The minimum absolute atomic E-state index is 0.0233. The largest absolute Gasteiger partial charge is 0.508 e. The summed E-state index contributed by atoms with van der Waals surface area (Å²) in [5.41, 5.74) is 3.41. The molecule has 2 aromatic rings. The number of carbonyl (C=O) groups is 1. The van der Waals surface area contributed by atoms with Crippen molar-refractivity contribution in [2.45, 2.75) is 0 Å². The fourth-order valence-corrected chi connectivity index (χ4v) is 1.44. The summed E-state index contributed by atoms with van der Waals surface area (Å²) in [4.78, 5) is 11.7. The Morgan fingerprint density at radius 3 is 2.47 bits per heavy atom. The molecule has 0 aliphatic rings. The Morgan fingerprint density at radius 2 is 1.79 bits per heavy atom. The third kappa shape index (κ3) is 3.57. The van der Waals surface area contributed by atoms with Crippen molar-refractivity contribution in [3.63, 3.8) is 0 Å². The zero-order valence-electron chi connectivity index (χ0n) is 9.95. The normalized spacial score (nSPS) is 10.5. The second-order valence-corrected chi connectivity index (χ2v) is 3.84. The van der Waals surface area contributed by atoms with E-state index in [1.54, 1.807) is 24.3 Å². The molecule has 0 aromatic heterocycles. The maximum absolute atomic E-state index is 11.7. The molecule has 19 heavy (non-hydrogen) atoms. The van der Waals surface area contributed by atoms with Crippen LogP contribution in [0.15, 0.2) is 53.6 Å². The van der Waals surface area contributed by atoms with Gasteiger partial charge in [-0.05, 0) is 48.0 Å². The first kappa shape index (κ1) is 12.6.